The number of β-lactam (4-membered cyclic amide) rings is 1. The fourth-order valence-corrected chi connectivity index (χ4v) is 3.34. The Kier molecular flexibility index (Phi) is 7.22. The van der Waals surface area contributed by atoms with E-state index in [1.54, 1.807) is 13.8 Å². The summed E-state index contributed by atoms with van der Waals surface area (Å²) in [5, 5.41) is 26.1. The second kappa shape index (κ2) is 9.27. The monoisotopic (exact) mass is 461 g/mol. The number of hydrogen-bond acceptors (Lipinski definition) is 11. The number of carbonyl (C=O) groups excluding carboxylic acids is 2. The minimum atomic E-state index is -1.30. The molecule has 2 heterocycles. The summed E-state index contributed by atoms with van der Waals surface area (Å²) in [6.45, 7) is 2.34. The molecule has 13 nitrogen and oxygen atoms in total. The summed E-state index contributed by atoms with van der Waals surface area (Å²) in [4.78, 5) is 60.7. The first-order valence-electron chi connectivity index (χ1n) is 8.19. The number of rotatable bonds is 10. The standard InChI is InChI=1S/C15H19N5O8S2/c1-15(2)9(11(24)20(15)28-13(29-3)12(25)26)18-10(23)8(19-27-4-7(21)22)6-5-30-14(16)17-6/h5,9,13H,4H2,1-3H3,(H2,16,17)(H,18,23)(H,21,22)(H,25,26)/b19-8-/t9-,13?/m1/s1. The summed E-state index contributed by atoms with van der Waals surface area (Å²) < 4.78 is 0. The van der Waals surface area contributed by atoms with E-state index in [-0.39, 0.29) is 16.5 Å². The first kappa shape index (κ1) is 23.4. The van der Waals surface area contributed by atoms with Crippen LogP contribution in [0.2, 0.25) is 0 Å². The minimum absolute atomic E-state index is 0.0337. The number of aliphatic carboxylic acids is 2. The number of aromatic nitrogens is 1. The van der Waals surface area contributed by atoms with Crippen molar-refractivity contribution in [1.29, 1.82) is 0 Å². The maximum absolute atomic E-state index is 12.7. The van der Waals surface area contributed by atoms with Crippen LogP contribution in [0.1, 0.15) is 19.5 Å². The van der Waals surface area contributed by atoms with Gasteiger partial charge in [-0.15, -0.1) is 23.1 Å². The Balaban J connectivity index is 2.16. The molecule has 5 N–H and O–H groups in total. The highest BCUT2D eigenvalue weighted by atomic mass is 32.2. The van der Waals surface area contributed by atoms with E-state index in [2.05, 4.69) is 20.3 Å². The minimum Gasteiger partial charge on any atom is -0.479 e. The Bertz CT molecular complexity index is 886. The summed E-state index contributed by atoms with van der Waals surface area (Å²) in [5.41, 5.74) is 2.84. The van der Waals surface area contributed by atoms with E-state index in [9.17, 15) is 19.2 Å². The van der Waals surface area contributed by atoms with Gasteiger partial charge in [0.1, 0.15) is 11.7 Å². The van der Waals surface area contributed by atoms with E-state index in [0.29, 0.717) is 0 Å². The third-order valence-corrected chi connectivity index (χ3v) is 5.28. The molecule has 1 aromatic heterocycles. The zero-order chi connectivity index (χ0) is 22.6. The lowest BCUT2D eigenvalue weighted by molar-refractivity contribution is -0.263. The lowest BCUT2D eigenvalue weighted by Crippen LogP contribution is -2.77. The van der Waals surface area contributed by atoms with Crippen LogP contribution >= 0.6 is 23.1 Å². The summed E-state index contributed by atoms with van der Waals surface area (Å²) in [6, 6.07) is -1.07. The Morgan fingerprint density at radius 2 is 2.13 bits per heavy atom. The molecule has 0 aliphatic carbocycles. The lowest BCUT2D eigenvalue weighted by Gasteiger charge is -2.52. The Hall–Kier alpha value is -2.91. The van der Waals surface area contributed by atoms with Crippen LogP contribution in [0.4, 0.5) is 5.13 Å². The van der Waals surface area contributed by atoms with E-state index >= 15 is 0 Å². The zero-order valence-corrected chi connectivity index (χ0v) is 17.7. The molecule has 1 aliphatic rings. The number of hydroxylamine groups is 2. The Morgan fingerprint density at radius 1 is 1.47 bits per heavy atom. The number of thiazole rings is 1. The van der Waals surface area contributed by atoms with Crippen molar-refractivity contribution in [2.24, 2.45) is 5.16 Å². The van der Waals surface area contributed by atoms with Gasteiger partial charge in [-0.3, -0.25) is 9.59 Å². The number of oxime groups is 1. The van der Waals surface area contributed by atoms with Crippen molar-refractivity contribution in [1.82, 2.24) is 15.4 Å². The molecule has 164 valence electrons. The van der Waals surface area contributed by atoms with Gasteiger partial charge in [0.15, 0.2) is 10.8 Å². The Labute approximate surface area is 178 Å². The number of amides is 2. The van der Waals surface area contributed by atoms with Crippen LogP contribution in [0.25, 0.3) is 0 Å². The number of carboxylic acids is 2. The van der Waals surface area contributed by atoms with Crippen LogP contribution in [0.3, 0.4) is 0 Å². The first-order valence-corrected chi connectivity index (χ1v) is 10.4. The van der Waals surface area contributed by atoms with E-state index in [1.165, 1.54) is 11.6 Å². The second-order valence-electron chi connectivity index (χ2n) is 6.38. The topological polar surface area (TPSA) is 194 Å². The molecule has 30 heavy (non-hydrogen) atoms. The molecule has 1 saturated heterocycles. The quantitative estimate of drug-likeness (QED) is 0.149. The van der Waals surface area contributed by atoms with Crippen molar-refractivity contribution >= 4 is 57.7 Å². The molecule has 0 aromatic carbocycles. The number of hydrogen-bond donors (Lipinski definition) is 4. The molecule has 1 fully saturated rings. The first-order chi connectivity index (χ1) is 14.0. The number of nitrogens with one attached hydrogen (secondary N) is 1. The van der Waals surface area contributed by atoms with Crippen molar-refractivity contribution in [3.05, 3.63) is 11.1 Å². The number of thioether (sulfide) groups is 1. The SMILES string of the molecule is CSC(ON1C(=O)[C@@H](NC(=O)/C(=N\OCC(=O)O)c2csc(N)n2)C1(C)C)C(=O)O. The van der Waals surface area contributed by atoms with Gasteiger partial charge in [-0.2, -0.15) is 0 Å². The average molecular weight is 461 g/mol. The molecule has 15 heteroatoms. The average Bonchev–Trinajstić information content (AvgIpc) is 3.08. The highest BCUT2D eigenvalue weighted by Crippen LogP contribution is 2.34. The summed E-state index contributed by atoms with van der Waals surface area (Å²) in [6.07, 6.45) is 1.51. The van der Waals surface area contributed by atoms with Gasteiger partial charge in [0, 0.05) is 5.38 Å². The molecule has 2 atom stereocenters. The van der Waals surface area contributed by atoms with Crippen molar-refractivity contribution < 1.29 is 39.1 Å². The molecule has 0 bridgehead atoms. The molecular weight excluding hydrogens is 442 g/mol. The van der Waals surface area contributed by atoms with Gasteiger partial charge in [0.2, 0.25) is 12.0 Å². The molecule has 1 aromatic rings. The van der Waals surface area contributed by atoms with Crippen LogP contribution in [-0.4, -0.2) is 79.6 Å². The number of nitrogen functional groups attached to an aromatic ring is 1. The maximum atomic E-state index is 12.7. The smallest absolute Gasteiger partial charge is 0.346 e. The largest absolute Gasteiger partial charge is 0.479 e. The maximum Gasteiger partial charge on any atom is 0.346 e. The van der Waals surface area contributed by atoms with Crippen molar-refractivity contribution in [2.45, 2.75) is 30.9 Å². The number of carbonyl (C=O) groups is 4. The molecule has 2 rings (SSSR count). The van der Waals surface area contributed by atoms with E-state index in [4.69, 9.17) is 20.8 Å². The zero-order valence-electron chi connectivity index (χ0n) is 16.0. The van der Waals surface area contributed by atoms with Crippen molar-refractivity contribution in [2.75, 3.05) is 18.6 Å². The number of nitrogens with two attached hydrogens (primary N) is 1. The van der Waals surface area contributed by atoms with Crippen LogP contribution in [0, 0.1) is 0 Å². The third kappa shape index (κ3) is 4.98. The Morgan fingerprint density at radius 3 is 2.60 bits per heavy atom. The van der Waals surface area contributed by atoms with Crippen LogP contribution < -0.4 is 11.1 Å². The van der Waals surface area contributed by atoms with E-state index < -0.39 is 47.4 Å². The lowest BCUT2D eigenvalue weighted by atomic mass is 9.84. The molecule has 2 amide bonds. The normalized spacial score (nSPS) is 19.0. The van der Waals surface area contributed by atoms with E-state index in [0.717, 1.165) is 28.2 Å². The highest BCUT2D eigenvalue weighted by Gasteiger charge is 2.57. The predicted octanol–water partition coefficient (Wildman–Crippen LogP) is -0.658. The third-order valence-electron chi connectivity index (χ3n) is 3.89. The fourth-order valence-electron chi connectivity index (χ4n) is 2.42. The van der Waals surface area contributed by atoms with Gasteiger partial charge < -0.3 is 26.1 Å². The van der Waals surface area contributed by atoms with Gasteiger partial charge in [-0.1, -0.05) is 5.16 Å². The number of carboxylic acid groups (broad SMARTS) is 2. The van der Waals surface area contributed by atoms with Crippen LogP contribution in [-0.2, 0) is 28.9 Å². The number of anilines is 1. The highest BCUT2D eigenvalue weighted by molar-refractivity contribution is 7.99. The molecule has 0 spiro atoms. The van der Waals surface area contributed by atoms with Gasteiger partial charge in [0.05, 0.1) is 5.54 Å². The predicted molar refractivity (Wildman–Crippen MR) is 106 cm³/mol. The number of nitrogens with zero attached hydrogens (tertiary/aromatic N) is 3. The van der Waals surface area contributed by atoms with Crippen molar-refractivity contribution in [3.63, 3.8) is 0 Å². The summed E-state index contributed by atoms with van der Waals surface area (Å²) in [5.74, 6) is -4.10. The summed E-state index contributed by atoms with van der Waals surface area (Å²) in [7, 11) is 0. The van der Waals surface area contributed by atoms with Crippen LogP contribution in [0.15, 0.2) is 10.5 Å². The van der Waals surface area contributed by atoms with Crippen LogP contribution in [0.5, 0.6) is 0 Å². The molecule has 0 radical (unpaired) electrons. The molecular formula is C15H19N5O8S2. The van der Waals surface area contributed by atoms with Crippen molar-refractivity contribution in [3.8, 4) is 0 Å². The van der Waals surface area contributed by atoms with Gasteiger partial charge in [-0.05, 0) is 20.1 Å². The van der Waals surface area contributed by atoms with E-state index in [1.807, 2.05) is 0 Å². The molecule has 0 saturated carbocycles. The van der Waals surface area contributed by atoms with Gasteiger partial charge in [-0.25, -0.2) is 24.5 Å². The van der Waals surface area contributed by atoms with Gasteiger partial charge in [0.25, 0.3) is 11.8 Å². The molecule has 1 aliphatic heterocycles. The second-order valence-corrected chi connectivity index (χ2v) is 8.17. The fraction of sp³-hybridized carbons (Fsp3) is 0.467. The summed E-state index contributed by atoms with van der Waals surface area (Å²) >= 11 is 1.91. The molecule has 1 unspecified atom stereocenters. The van der Waals surface area contributed by atoms with Gasteiger partial charge >= 0.3 is 11.9 Å².